The van der Waals surface area contributed by atoms with Crippen molar-refractivity contribution in [3.63, 3.8) is 0 Å². The average molecular weight is 298 g/mol. The molecule has 0 saturated heterocycles. The molecule has 0 spiro atoms. The Morgan fingerprint density at radius 1 is 1.43 bits per heavy atom. The molecule has 1 aromatic carbocycles. The van der Waals surface area contributed by atoms with Gasteiger partial charge in [0.25, 0.3) is 0 Å². The summed E-state index contributed by atoms with van der Waals surface area (Å²) in [6.45, 7) is 2.00. The first-order chi connectivity index (χ1) is 6.57. The van der Waals surface area contributed by atoms with E-state index in [0.29, 0.717) is 22.0 Å². The predicted molar refractivity (Wildman–Crippen MR) is 64.0 cm³/mol. The number of hydrogen-bond donors (Lipinski definition) is 1. The summed E-state index contributed by atoms with van der Waals surface area (Å²) in [5.41, 5.74) is 0.615. The van der Waals surface area contributed by atoms with E-state index in [2.05, 4.69) is 15.9 Å². The summed E-state index contributed by atoms with van der Waals surface area (Å²) < 4.78 is 0.758. The van der Waals surface area contributed by atoms with Crippen LogP contribution in [0.2, 0.25) is 10.0 Å². The van der Waals surface area contributed by atoms with Crippen molar-refractivity contribution in [2.45, 2.75) is 25.9 Å². The number of halogens is 3. The zero-order valence-electron chi connectivity index (χ0n) is 7.73. The molecular formula is C10H11BrCl2O. The highest BCUT2D eigenvalue weighted by atomic mass is 79.9. The van der Waals surface area contributed by atoms with Crippen LogP contribution in [-0.2, 0) is 0 Å². The highest BCUT2D eigenvalue weighted by Gasteiger charge is 2.16. The van der Waals surface area contributed by atoms with Crippen LogP contribution in [-0.4, -0.2) is 5.11 Å². The first-order valence-electron chi connectivity index (χ1n) is 4.39. The topological polar surface area (TPSA) is 20.2 Å². The first kappa shape index (κ1) is 12.3. The maximum Gasteiger partial charge on any atom is 0.0819 e. The lowest BCUT2D eigenvalue weighted by atomic mass is 10.1. The van der Waals surface area contributed by atoms with Gasteiger partial charge in [0.15, 0.2) is 0 Å². The molecule has 14 heavy (non-hydrogen) atoms. The molecule has 1 aromatic rings. The van der Waals surface area contributed by atoms with Crippen LogP contribution in [0.1, 0.15) is 31.4 Å². The van der Waals surface area contributed by atoms with E-state index >= 15 is 0 Å². The summed E-state index contributed by atoms with van der Waals surface area (Å²) in [5.74, 6) is 0. The standard InChI is InChI=1S/C10H11BrCl2O/c1-2-3-8(14)9-7(12)5-4-6(11)10(9)13/h4-5,8,14H,2-3H2,1H3. The number of aliphatic hydroxyl groups excluding tert-OH is 1. The van der Waals surface area contributed by atoms with Gasteiger partial charge in [0.2, 0.25) is 0 Å². The van der Waals surface area contributed by atoms with Gasteiger partial charge in [0, 0.05) is 15.1 Å². The van der Waals surface area contributed by atoms with Crippen molar-refractivity contribution in [1.29, 1.82) is 0 Å². The Morgan fingerprint density at radius 3 is 2.64 bits per heavy atom. The molecule has 1 rings (SSSR count). The van der Waals surface area contributed by atoms with Crippen LogP contribution in [0.15, 0.2) is 16.6 Å². The number of aliphatic hydroxyl groups is 1. The SMILES string of the molecule is CCCC(O)c1c(Cl)ccc(Br)c1Cl. The van der Waals surface area contributed by atoms with Crippen molar-refractivity contribution in [3.8, 4) is 0 Å². The van der Waals surface area contributed by atoms with Gasteiger partial charge in [-0.05, 0) is 34.5 Å². The molecule has 0 radical (unpaired) electrons. The smallest absolute Gasteiger partial charge is 0.0819 e. The second-order valence-corrected chi connectivity index (χ2v) is 4.70. The zero-order valence-corrected chi connectivity index (χ0v) is 10.8. The number of benzene rings is 1. The van der Waals surface area contributed by atoms with Crippen molar-refractivity contribution in [2.24, 2.45) is 0 Å². The third-order valence-corrected chi connectivity index (χ3v) is 3.60. The average Bonchev–Trinajstić information content (AvgIpc) is 2.13. The third-order valence-electron chi connectivity index (χ3n) is 1.97. The van der Waals surface area contributed by atoms with Gasteiger partial charge in [0.1, 0.15) is 0 Å². The summed E-state index contributed by atoms with van der Waals surface area (Å²) in [4.78, 5) is 0. The van der Waals surface area contributed by atoms with Crippen molar-refractivity contribution < 1.29 is 5.11 Å². The summed E-state index contributed by atoms with van der Waals surface area (Å²) in [5, 5.41) is 10.8. The fourth-order valence-electron chi connectivity index (χ4n) is 1.27. The Hall–Kier alpha value is 0.240. The third kappa shape index (κ3) is 2.63. The lowest BCUT2D eigenvalue weighted by molar-refractivity contribution is 0.166. The molecule has 0 aromatic heterocycles. The highest BCUT2D eigenvalue weighted by Crippen LogP contribution is 2.37. The fraction of sp³-hybridized carbons (Fsp3) is 0.400. The molecule has 0 aliphatic carbocycles. The second-order valence-electron chi connectivity index (χ2n) is 3.06. The van der Waals surface area contributed by atoms with Crippen molar-refractivity contribution in [1.82, 2.24) is 0 Å². The molecule has 0 saturated carbocycles. The molecular weight excluding hydrogens is 287 g/mol. The molecule has 1 nitrogen and oxygen atoms in total. The van der Waals surface area contributed by atoms with Crippen molar-refractivity contribution in [3.05, 3.63) is 32.2 Å². The summed E-state index contributed by atoms with van der Waals surface area (Å²) in [6.07, 6.45) is 0.966. The van der Waals surface area contributed by atoms with E-state index < -0.39 is 6.10 Å². The van der Waals surface area contributed by atoms with Crippen LogP contribution in [0, 0.1) is 0 Å². The minimum atomic E-state index is -0.586. The molecule has 0 heterocycles. The summed E-state index contributed by atoms with van der Waals surface area (Å²) >= 11 is 15.3. The summed E-state index contributed by atoms with van der Waals surface area (Å²) in [6, 6.07) is 3.50. The summed E-state index contributed by atoms with van der Waals surface area (Å²) in [7, 11) is 0. The normalized spacial score (nSPS) is 12.9. The Kier molecular flexibility index (Phi) is 4.71. The Morgan fingerprint density at radius 2 is 2.07 bits per heavy atom. The second kappa shape index (κ2) is 5.36. The lowest BCUT2D eigenvalue weighted by Crippen LogP contribution is -1.99. The molecule has 1 unspecified atom stereocenters. The molecule has 0 aliphatic rings. The van der Waals surface area contributed by atoms with Gasteiger partial charge in [-0.25, -0.2) is 0 Å². The van der Waals surface area contributed by atoms with Crippen LogP contribution in [0.5, 0.6) is 0 Å². The van der Waals surface area contributed by atoms with Gasteiger partial charge in [-0.3, -0.25) is 0 Å². The van der Waals surface area contributed by atoms with Crippen LogP contribution < -0.4 is 0 Å². The minimum Gasteiger partial charge on any atom is -0.388 e. The fourth-order valence-corrected chi connectivity index (χ4v) is 2.23. The Balaban J connectivity index is 3.11. The van der Waals surface area contributed by atoms with Gasteiger partial charge >= 0.3 is 0 Å². The molecule has 1 N–H and O–H groups in total. The van der Waals surface area contributed by atoms with E-state index in [1.807, 2.05) is 6.92 Å². The largest absolute Gasteiger partial charge is 0.388 e. The Bertz CT molecular complexity index is 328. The predicted octanol–water partition coefficient (Wildman–Crippen LogP) is 4.59. The molecule has 0 bridgehead atoms. The number of rotatable bonds is 3. The van der Waals surface area contributed by atoms with Gasteiger partial charge in [0.05, 0.1) is 11.1 Å². The van der Waals surface area contributed by atoms with Crippen molar-refractivity contribution >= 4 is 39.1 Å². The van der Waals surface area contributed by atoms with Gasteiger partial charge in [-0.2, -0.15) is 0 Å². The monoisotopic (exact) mass is 296 g/mol. The molecule has 1 atom stereocenters. The van der Waals surface area contributed by atoms with E-state index in [-0.39, 0.29) is 0 Å². The van der Waals surface area contributed by atoms with Crippen LogP contribution in [0.3, 0.4) is 0 Å². The van der Waals surface area contributed by atoms with Crippen molar-refractivity contribution in [2.75, 3.05) is 0 Å². The van der Waals surface area contributed by atoms with E-state index in [4.69, 9.17) is 23.2 Å². The van der Waals surface area contributed by atoms with E-state index in [1.165, 1.54) is 0 Å². The molecule has 0 fully saturated rings. The lowest BCUT2D eigenvalue weighted by Gasteiger charge is -2.14. The van der Waals surface area contributed by atoms with Crippen LogP contribution in [0.25, 0.3) is 0 Å². The Labute approximate surface area is 102 Å². The highest BCUT2D eigenvalue weighted by molar-refractivity contribution is 9.10. The van der Waals surface area contributed by atoms with E-state index in [1.54, 1.807) is 12.1 Å². The van der Waals surface area contributed by atoms with Gasteiger partial charge < -0.3 is 5.11 Å². The first-order valence-corrected chi connectivity index (χ1v) is 5.94. The quantitative estimate of drug-likeness (QED) is 0.809. The van der Waals surface area contributed by atoms with E-state index in [0.717, 1.165) is 10.9 Å². The maximum absolute atomic E-state index is 9.82. The number of hydrogen-bond acceptors (Lipinski definition) is 1. The molecule has 0 aliphatic heterocycles. The van der Waals surface area contributed by atoms with Gasteiger partial charge in [-0.15, -0.1) is 0 Å². The molecule has 4 heteroatoms. The minimum absolute atomic E-state index is 0.499. The van der Waals surface area contributed by atoms with Crippen LogP contribution in [0.4, 0.5) is 0 Å². The van der Waals surface area contributed by atoms with E-state index in [9.17, 15) is 5.11 Å². The molecule has 78 valence electrons. The molecule has 0 amide bonds. The zero-order chi connectivity index (χ0) is 10.7. The van der Waals surface area contributed by atoms with Crippen LogP contribution >= 0.6 is 39.1 Å². The maximum atomic E-state index is 9.82. The van der Waals surface area contributed by atoms with Gasteiger partial charge in [-0.1, -0.05) is 36.5 Å².